The third kappa shape index (κ3) is 3.87. The van der Waals surface area contributed by atoms with Gasteiger partial charge in [-0.15, -0.1) is 0 Å². The van der Waals surface area contributed by atoms with Crippen LogP contribution in [0.1, 0.15) is 21.7 Å². The zero-order valence-electron chi connectivity index (χ0n) is 16.5. The highest BCUT2D eigenvalue weighted by atomic mass is 16.5. The maximum atomic E-state index is 13.1. The highest BCUT2D eigenvalue weighted by Crippen LogP contribution is 2.20. The van der Waals surface area contributed by atoms with E-state index in [4.69, 9.17) is 4.74 Å². The number of fused-ring (bicyclic) bond motifs is 1. The number of H-pyrrole nitrogens is 1. The maximum absolute atomic E-state index is 13.1. The molecule has 2 aromatic carbocycles. The lowest BCUT2D eigenvalue weighted by atomic mass is 10.1. The van der Waals surface area contributed by atoms with Gasteiger partial charge in [-0.3, -0.25) is 14.7 Å². The van der Waals surface area contributed by atoms with Gasteiger partial charge in [0.05, 0.1) is 29.9 Å². The Bertz CT molecular complexity index is 1180. The SMILES string of the molecule is O=C(c1ccnc(-c2ccccc2)c1)c1nc2cc(CN3CCOCC3)ccc2[nH]1. The predicted molar refractivity (Wildman–Crippen MR) is 115 cm³/mol. The first-order chi connectivity index (χ1) is 14.8. The first-order valence-corrected chi connectivity index (χ1v) is 10.1. The molecule has 0 radical (unpaired) electrons. The molecule has 0 aliphatic carbocycles. The Kier molecular flexibility index (Phi) is 5.09. The number of morpholine rings is 1. The molecule has 30 heavy (non-hydrogen) atoms. The van der Waals surface area contributed by atoms with Crippen molar-refractivity contribution in [3.8, 4) is 11.3 Å². The number of ether oxygens (including phenoxy) is 1. The van der Waals surface area contributed by atoms with Gasteiger partial charge in [0.1, 0.15) is 0 Å². The van der Waals surface area contributed by atoms with E-state index < -0.39 is 0 Å². The Morgan fingerprint density at radius 1 is 1.03 bits per heavy atom. The zero-order valence-corrected chi connectivity index (χ0v) is 16.5. The molecule has 0 atom stereocenters. The van der Waals surface area contributed by atoms with Gasteiger partial charge in [-0.05, 0) is 29.8 Å². The average molecular weight is 398 g/mol. The molecule has 5 rings (SSSR count). The molecule has 6 nitrogen and oxygen atoms in total. The molecule has 3 heterocycles. The van der Waals surface area contributed by atoms with Crippen LogP contribution in [0.2, 0.25) is 0 Å². The van der Waals surface area contributed by atoms with E-state index in [9.17, 15) is 4.79 Å². The summed E-state index contributed by atoms with van der Waals surface area (Å²) in [5.74, 6) is 0.208. The van der Waals surface area contributed by atoms with Crippen molar-refractivity contribution in [3.05, 3.63) is 83.8 Å². The van der Waals surface area contributed by atoms with E-state index in [1.165, 1.54) is 5.56 Å². The van der Waals surface area contributed by atoms with E-state index in [1.807, 2.05) is 42.5 Å². The standard InChI is InChI=1S/C24H22N4O2/c29-23(19-8-9-25-21(15-19)18-4-2-1-3-5-18)24-26-20-7-6-17(14-22(20)27-24)16-28-10-12-30-13-11-28/h1-9,14-15H,10-13,16H2,(H,26,27). The number of pyridine rings is 1. The van der Waals surface area contributed by atoms with Crippen LogP contribution in [0.4, 0.5) is 0 Å². The Morgan fingerprint density at radius 3 is 2.70 bits per heavy atom. The fraction of sp³-hybridized carbons (Fsp3) is 0.208. The molecule has 4 aromatic rings. The van der Waals surface area contributed by atoms with Gasteiger partial charge in [0, 0.05) is 37.0 Å². The number of carbonyl (C=O) groups excluding carboxylic acids is 1. The predicted octanol–water partition coefficient (Wildman–Crippen LogP) is 3.69. The van der Waals surface area contributed by atoms with E-state index in [1.54, 1.807) is 12.3 Å². The molecule has 0 bridgehead atoms. The molecule has 1 aliphatic heterocycles. The van der Waals surface area contributed by atoms with Crippen LogP contribution < -0.4 is 0 Å². The topological polar surface area (TPSA) is 71.1 Å². The van der Waals surface area contributed by atoms with Gasteiger partial charge in [0.25, 0.3) is 0 Å². The summed E-state index contributed by atoms with van der Waals surface area (Å²) in [6, 6.07) is 19.5. The smallest absolute Gasteiger partial charge is 0.228 e. The molecule has 0 saturated carbocycles. The molecule has 1 fully saturated rings. The fourth-order valence-electron chi connectivity index (χ4n) is 3.75. The Morgan fingerprint density at radius 2 is 1.87 bits per heavy atom. The largest absolute Gasteiger partial charge is 0.379 e. The number of ketones is 1. The fourth-order valence-corrected chi connectivity index (χ4v) is 3.75. The lowest BCUT2D eigenvalue weighted by Gasteiger charge is -2.26. The minimum Gasteiger partial charge on any atom is -0.379 e. The molecule has 0 amide bonds. The number of imidazole rings is 1. The Hall–Kier alpha value is -3.35. The monoisotopic (exact) mass is 398 g/mol. The summed E-state index contributed by atoms with van der Waals surface area (Å²) >= 11 is 0. The van der Waals surface area contributed by atoms with E-state index in [-0.39, 0.29) is 5.78 Å². The van der Waals surface area contributed by atoms with E-state index >= 15 is 0 Å². The number of benzene rings is 2. The molecular formula is C24H22N4O2. The maximum Gasteiger partial charge on any atom is 0.228 e. The molecule has 2 aromatic heterocycles. The molecule has 1 N–H and O–H groups in total. The van der Waals surface area contributed by atoms with Crippen molar-refractivity contribution in [1.82, 2.24) is 19.9 Å². The van der Waals surface area contributed by atoms with Crippen molar-refractivity contribution in [3.63, 3.8) is 0 Å². The number of carbonyl (C=O) groups is 1. The van der Waals surface area contributed by atoms with Crippen LogP contribution in [0.5, 0.6) is 0 Å². The van der Waals surface area contributed by atoms with Gasteiger partial charge < -0.3 is 9.72 Å². The van der Waals surface area contributed by atoms with Gasteiger partial charge in [0.15, 0.2) is 5.82 Å². The number of nitrogens with zero attached hydrogens (tertiary/aromatic N) is 3. The second-order valence-electron chi connectivity index (χ2n) is 7.45. The third-order valence-electron chi connectivity index (χ3n) is 5.36. The van der Waals surface area contributed by atoms with Crippen molar-refractivity contribution >= 4 is 16.8 Å². The number of nitrogens with one attached hydrogen (secondary N) is 1. The number of hydrogen-bond donors (Lipinski definition) is 1. The van der Waals surface area contributed by atoms with Crippen LogP contribution in [0.15, 0.2) is 66.9 Å². The summed E-state index contributed by atoms with van der Waals surface area (Å²) in [5, 5.41) is 0. The number of hydrogen-bond acceptors (Lipinski definition) is 5. The molecule has 150 valence electrons. The molecule has 6 heteroatoms. The first kappa shape index (κ1) is 18.7. The summed E-state index contributed by atoms with van der Waals surface area (Å²) in [6.45, 7) is 4.29. The molecule has 1 saturated heterocycles. The van der Waals surface area contributed by atoms with Crippen LogP contribution in [0, 0.1) is 0 Å². The quantitative estimate of drug-likeness (QED) is 0.519. The second kappa shape index (κ2) is 8.18. The molecule has 0 unspecified atom stereocenters. The van der Waals surface area contributed by atoms with Crippen LogP contribution in [0.25, 0.3) is 22.3 Å². The van der Waals surface area contributed by atoms with Crippen molar-refractivity contribution in [1.29, 1.82) is 0 Å². The van der Waals surface area contributed by atoms with E-state index in [0.29, 0.717) is 11.4 Å². The van der Waals surface area contributed by atoms with Crippen LogP contribution in [-0.4, -0.2) is 51.9 Å². The van der Waals surface area contributed by atoms with Gasteiger partial charge >= 0.3 is 0 Å². The summed E-state index contributed by atoms with van der Waals surface area (Å²) in [5.41, 5.74) is 5.17. The Labute approximate surface area is 174 Å². The van der Waals surface area contributed by atoms with Crippen molar-refractivity contribution in [2.45, 2.75) is 6.54 Å². The lowest BCUT2D eigenvalue weighted by molar-refractivity contribution is 0.0342. The van der Waals surface area contributed by atoms with Crippen molar-refractivity contribution in [2.75, 3.05) is 26.3 Å². The molecule has 0 spiro atoms. The zero-order chi connectivity index (χ0) is 20.3. The normalized spacial score (nSPS) is 14.8. The minimum absolute atomic E-state index is 0.138. The van der Waals surface area contributed by atoms with Crippen LogP contribution in [0.3, 0.4) is 0 Å². The summed E-state index contributed by atoms with van der Waals surface area (Å²) in [4.78, 5) is 27.6. The minimum atomic E-state index is -0.138. The first-order valence-electron chi connectivity index (χ1n) is 10.1. The highest BCUT2D eigenvalue weighted by molar-refractivity contribution is 6.08. The molecular weight excluding hydrogens is 376 g/mol. The van der Waals surface area contributed by atoms with Gasteiger partial charge in [-0.25, -0.2) is 4.98 Å². The average Bonchev–Trinajstić information content (AvgIpc) is 3.23. The summed E-state index contributed by atoms with van der Waals surface area (Å²) in [7, 11) is 0. The molecule has 1 aliphatic rings. The van der Waals surface area contributed by atoms with Crippen molar-refractivity contribution < 1.29 is 9.53 Å². The second-order valence-corrected chi connectivity index (χ2v) is 7.45. The van der Waals surface area contributed by atoms with E-state index in [2.05, 4.69) is 32.0 Å². The summed E-state index contributed by atoms with van der Waals surface area (Å²) < 4.78 is 5.42. The van der Waals surface area contributed by atoms with Crippen molar-refractivity contribution in [2.24, 2.45) is 0 Å². The highest BCUT2D eigenvalue weighted by Gasteiger charge is 2.16. The van der Waals surface area contributed by atoms with Crippen LogP contribution >= 0.6 is 0 Å². The Balaban J connectivity index is 1.40. The number of rotatable bonds is 5. The lowest BCUT2D eigenvalue weighted by Crippen LogP contribution is -2.35. The summed E-state index contributed by atoms with van der Waals surface area (Å²) in [6.07, 6.45) is 1.67. The number of aromatic amines is 1. The van der Waals surface area contributed by atoms with Gasteiger partial charge in [-0.1, -0.05) is 36.4 Å². The van der Waals surface area contributed by atoms with Crippen LogP contribution in [-0.2, 0) is 11.3 Å². The van der Waals surface area contributed by atoms with E-state index in [0.717, 1.165) is 55.1 Å². The third-order valence-corrected chi connectivity index (χ3v) is 5.36. The van der Waals surface area contributed by atoms with Gasteiger partial charge in [0.2, 0.25) is 5.78 Å². The number of aromatic nitrogens is 3. The van der Waals surface area contributed by atoms with Gasteiger partial charge in [-0.2, -0.15) is 0 Å².